The van der Waals surface area contributed by atoms with Crippen LogP contribution in [0.3, 0.4) is 0 Å². The van der Waals surface area contributed by atoms with Crippen molar-refractivity contribution in [2.24, 2.45) is 0 Å². The molecule has 0 unspecified atom stereocenters. The van der Waals surface area contributed by atoms with Crippen LogP contribution in [0.2, 0.25) is 5.02 Å². The molecule has 0 aliphatic heterocycles. The molecule has 0 bridgehead atoms. The summed E-state index contributed by atoms with van der Waals surface area (Å²) in [5.74, 6) is 1.39. The monoisotopic (exact) mass is 367 g/mol. The van der Waals surface area contributed by atoms with Crippen LogP contribution in [0.1, 0.15) is 43.8 Å². The molecule has 1 saturated carbocycles. The summed E-state index contributed by atoms with van der Waals surface area (Å²) in [5.41, 5.74) is 2.61. The van der Waals surface area contributed by atoms with E-state index in [0.717, 1.165) is 29.7 Å². The number of benzene rings is 2. The van der Waals surface area contributed by atoms with Crippen LogP contribution >= 0.6 is 11.6 Å². The van der Waals surface area contributed by atoms with E-state index >= 15 is 0 Å². The first-order valence-electron chi connectivity index (χ1n) is 9.22. The van der Waals surface area contributed by atoms with E-state index in [0.29, 0.717) is 16.6 Å². The number of para-hydroxylation sites is 3. The van der Waals surface area contributed by atoms with Crippen molar-refractivity contribution >= 4 is 34.2 Å². The van der Waals surface area contributed by atoms with Gasteiger partial charge in [0.05, 0.1) is 21.7 Å². The molecule has 1 aromatic heterocycles. The average molecular weight is 368 g/mol. The molecule has 5 heteroatoms. The van der Waals surface area contributed by atoms with Gasteiger partial charge in [-0.25, -0.2) is 4.98 Å². The van der Waals surface area contributed by atoms with Crippen LogP contribution in [-0.4, -0.2) is 15.5 Å². The van der Waals surface area contributed by atoms with Gasteiger partial charge in [-0.1, -0.05) is 55.1 Å². The van der Waals surface area contributed by atoms with Crippen molar-refractivity contribution in [1.82, 2.24) is 9.55 Å². The minimum absolute atomic E-state index is 0.0849. The Morgan fingerprint density at radius 2 is 1.81 bits per heavy atom. The van der Waals surface area contributed by atoms with E-state index < -0.39 is 0 Å². The van der Waals surface area contributed by atoms with E-state index in [1.165, 1.54) is 19.3 Å². The van der Waals surface area contributed by atoms with Crippen LogP contribution in [0.5, 0.6) is 0 Å². The predicted octanol–water partition coefficient (Wildman–Crippen LogP) is 5.38. The zero-order chi connectivity index (χ0) is 17.9. The van der Waals surface area contributed by atoms with E-state index in [1.807, 2.05) is 42.5 Å². The van der Waals surface area contributed by atoms with Crippen LogP contribution in [0.4, 0.5) is 5.69 Å². The number of hydrogen-bond donors (Lipinski definition) is 1. The molecule has 1 aliphatic rings. The molecule has 0 saturated heterocycles. The quantitative estimate of drug-likeness (QED) is 0.673. The van der Waals surface area contributed by atoms with Crippen molar-refractivity contribution in [3.8, 4) is 0 Å². The molecule has 0 spiro atoms. The maximum atomic E-state index is 12.7. The third-order valence-corrected chi connectivity index (χ3v) is 5.43. The molecule has 4 rings (SSSR count). The standard InChI is InChI=1S/C21H22ClN3O/c22-16-10-4-5-11-17(16)23-20(26)14-25-19-13-7-6-12-18(19)24-21(25)15-8-2-1-3-9-15/h4-7,10-13,15H,1-3,8-9,14H2,(H,23,26). The van der Waals surface area contributed by atoms with Crippen molar-refractivity contribution in [1.29, 1.82) is 0 Å². The fourth-order valence-corrected chi connectivity index (χ4v) is 4.01. The average Bonchev–Trinajstić information content (AvgIpc) is 3.03. The van der Waals surface area contributed by atoms with Gasteiger partial charge in [-0.2, -0.15) is 0 Å². The molecular formula is C21H22ClN3O. The van der Waals surface area contributed by atoms with Crippen LogP contribution < -0.4 is 5.32 Å². The molecule has 1 heterocycles. The zero-order valence-corrected chi connectivity index (χ0v) is 15.4. The molecule has 0 radical (unpaired) electrons. The highest BCUT2D eigenvalue weighted by molar-refractivity contribution is 6.33. The fourth-order valence-electron chi connectivity index (χ4n) is 3.83. The first kappa shape index (κ1) is 17.1. The Bertz CT molecular complexity index is 928. The number of aromatic nitrogens is 2. The Balaban J connectivity index is 1.64. The first-order chi connectivity index (χ1) is 12.7. The summed E-state index contributed by atoms with van der Waals surface area (Å²) < 4.78 is 2.08. The number of fused-ring (bicyclic) bond motifs is 1. The van der Waals surface area contributed by atoms with Crippen LogP contribution in [0, 0.1) is 0 Å². The van der Waals surface area contributed by atoms with Crippen LogP contribution in [0.25, 0.3) is 11.0 Å². The van der Waals surface area contributed by atoms with Gasteiger partial charge in [0, 0.05) is 5.92 Å². The predicted molar refractivity (Wildman–Crippen MR) is 106 cm³/mol. The summed E-state index contributed by atoms with van der Waals surface area (Å²) in [5, 5.41) is 3.47. The summed E-state index contributed by atoms with van der Waals surface area (Å²) in [6, 6.07) is 15.3. The number of carbonyl (C=O) groups excluding carboxylic acids is 1. The van der Waals surface area contributed by atoms with Gasteiger partial charge in [0.15, 0.2) is 0 Å². The lowest BCUT2D eigenvalue weighted by molar-refractivity contribution is -0.116. The van der Waals surface area contributed by atoms with Crippen molar-refractivity contribution in [3.63, 3.8) is 0 Å². The number of amides is 1. The number of carbonyl (C=O) groups is 1. The van der Waals surface area contributed by atoms with Crippen molar-refractivity contribution in [3.05, 3.63) is 59.4 Å². The third kappa shape index (κ3) is 3.47. The number of hydrogen-bond acceptors (Lipinski definition) is 2. The third-order valence-electron chi connectivity index (χ3n) is 5.10. The highest BCUT2D eigenvalue weighted by Gasteiger charge is 2.23. The maximum absolute atomic E-state index is 12.7. The highest BCUT2D eigenvalue weighted by Crippen LogP contribution is 2.34. The molecule has 2 aromatic carbocycles. The van der Waals surface area contributed by atoms with Crippen molar-refractivity contribution in [2.45, 2.75) is 44.6 Å². The summed E-state index contributed by atoms with van der Waals surface area (Å²) in [4.78, 5) is 17.6. The fraction of sp³-hybridized carbons (Fsp3) is 0.333. The molecule has 0 atom stereocenters. The van der Waals surface area contributed by atoms with Gasteiger partial charge in [0.2, 0.25) is 5.91 Å². The normalized spacial score (nSPS) is 15.3. The molecule has 1 N–H and O–H groups in total. The number of rotatable bonds is 4. The Morgan fingerprint density at radius 3 is 2.62 bits per heavy atom. The van der Waals surface area contributed by atoms with E-state index in [-0.39, 0.29) is 12.5 Å². The van der Waals surface area contributed by atoms with Gasteiger partial charge >= 0.3 is 0 Å². The second-order valence-corrected chi connectivity index (χ2v) is 7.32. The molecule has 26 heavy (non-hydrogen) atoms. The van der Waals surface area contributed by atoms with Gasteiger partial charge in [0.25, 0.3) is 0 Å². The lowest BCUT2D eigenvalue weighted by Gasteiger charge is -2.22. The number of anilines is 1. The van der Waals surface area contributed by atoms with Crippen molar-refractivity contribution in [2.75, 3.05) is 5.32 Å². The molecule has 1 fully saturated rings. The largest absolute Gasteiger partial charge is 0.323 e. The van der Waals surface area contributed by atoms with Crippen molar-refractivity contribution < 1.29 is 4.79 Å². The first-order valence-corrected chi connectivity index (χ1v) is 9.60. The van der Waals surface area contributed by atoms with Gasteiger partial charge < -0.3 is 9.88 Å². The van der Waals surface area contributed by atoms with Crippen LogP contribution in [-0.2, 0) is 11.3 Å². The lowest BCUT2D eigenvalue weighted by atomic mass is 9.88. The van der Waals surface area contributed by atoms with E-state index in [1.54, 1.807) is 6.07 Å². The topological polar surface area (TPSA) is 46.9 Å². The van der Waals surface area contributed by atoms with Gasteiger partial charge in [-0.3, -0.25) is 4.79 Å². The van der Waals surface area contributed by atoms with Gasteiger partial charge in [-0.05, 0) is 37.1 Å². The second-order valence-electron chi connectivity index (χ2n) is 6.91. The van der Waals surface area contributed by atoms with E-state index in [2.05, 4.69) is 9.88 Å². The number of halogens is 1. The Kier molecular flexibility index (Phi) is 4.93. The summed E-state index contributed by atoms with van der Waals surface area (Å²) in [7, 11) is 0. The highest BCUT2D eigenvalue weighted by atomic mass is 35.5. The Hall–Kier alpha value is -2.33. The maximum Gasteiger partial charge on any atom is 0.244 e. The Morgan fingerprint density at radius 1 is 1.08 bits per heavy atom. The molecular weight excluding hydrogens is 346 g/mol. The van der Waals surface area contributed by atoms with Gasteiger partial charge in [-0.15, -0.1) is 0 Å². The summed E-state index contributed by atoms with van der Waals surface area (Å²) >= 11 is 6.16. The zero-order valence-electron chi connectivity index (χ0n) is 14.6. The SMILES string of the molecule is O=C(Cn1c(C2CCCCC2)nc2ccccc21)Nc1ccccc1Cl. The number of imidazole rings is 1. The second kappa shape index (κ2) is 7.50. The molecule has 134 valence electrons. The molecule has 1 aliphatic carbocycles. The number of nitrogens with zero attached hydrogens (tertiary/aromatic N) is 2. The minimum atomic E-state index is -0.0849. The lowest BCUT2D eigenvalue weighted by Crippen LogP contribution is -2.22. The molecule has 4 nitrogen and oxygen atoms in total. The van der Waals surface area contributed by atoms with Crippen LogP contribution in [0.15, 0.2) is 48.5 Å². The summed E-state index contributed by atoms with van der Waals surface area (Å²) in [6.45, 7) is 0.248. The smallest absolute Gasteiger partial charge is 0.244 e. The van der Waals surface area contributed by atoms with E-state index in [9.17, 15) is 4.79 Å². The van der Waals surface area contributed by atoms with E-state index in [4.69, 9.17) is 16.6 Å². The van der Waals surface area contributed by atoms with Gasteiger partial charge in [0.1, 0.15) is 12.4 Å². The minimum Gasteiger partial charge on any atom is -0.323 e. The Labute approximate surface area is 158 Å². The molecule has 3 aromatic rings. The summed E-state index contributed by atoms with van der Waals surface area (Å²) in [6.07, 6.45) is 6.06. The molecule has 1 amide bonds. The number of nitrogens with one attached hydrogen (secondary N) is 1.